The second-order valence-corrected chi connectivity index (χ2v) is 7.19. The van der Waals surface area contributed by atoms with Gasteiger partial charge in [0.25, 0.3) is 0 Å². The maximum Gasteiger partial charge on any atom is 0.168 e. The predicted molar refractivity (Wildman–Crippen MR) is 107 cm³/mol. The molecule has 1 saturated heterocycles. The molecule has 2 aromatic rings. The van der Waals surface area contributed by atoms with Crippen LogP contribution in [-0.2, 0) is 11.3 Å². The summed E-state index contributed by atoms with van der Waals surface area (Å²) in [5.41, 5.74) is 2.89. The van der Waals surface area contributed by atoms with Crippen molar-refractivity contribution in [3.05, 3.63) is 63.6 Å². The molecule has 0 aromatic heterocycles. The largest absolute Gasteiger partial charge is 0.493 e. The molecule has 0 atom stereocenters. The Labute approximate surface area is 162 Å². The first kappa shape index (κ1) is 18.7. The van der Waals surface area contributed by atoms with Gasteiger partial charge >= 0.3 is 0 Å². The number of carbonyl (C=O) groups is 1. The Balaban J connectivity index is 1.87. The number of piperidine rings is 1. The van der Waals surface area contributed by atoms with Gasteiger partial charge < -0.3 is 9.47 Å². The predicted octanol–water partition coefficient (Wildman–Crippen LogP) is 4.32. The first-order valence-corrected chi connectivity index (χ1v) is 9.31. The highest BCUT2D eigenvalue weighted by atomic mass is 79.9. The third-order valence-electron chi connectivity index (χ3n) is 4.46. The number of hydrogen-bond acceptors (Lipinski definition) is 4. The summed E-state index contributed by atoms with van der Waals surface area (Å²) in [5.74, 6) is 1.46. The van der Waals surface area contributed by atoms with Crippen molar-refractivity contribution in [3.63, 3.8) is 0 Å². The van der Waals surface area contributed by atoms with Crippen LogP contribution >= 0.6 is 15.9 Å². The molecule has 0 saturated carbocycles. The zero-order valence-corrected chi connectivity index (χ0v) is 16.6. The van der Waals surface area contributed by atoms with Crippen LogP contribution in [0.3, 0.4) is 0 Å². The van der Waals surface area contributed by atoms with Gasteiger partial charge in [-0.15, -0.1) is 0 Å². The minimum Gasteiger partial charge on any atom is -0.493 e. The summed E-state index contributed by atoms with van der Waals surface area (Å²) in [5, 5.41) is 0. The van der Waals surface area contributed by atoms with Gasteiger partial charge in [0.1, 0.15) is 0 Å². The highest BCUT2D eigenvalue weighted by molar-refractivity contribution is 9.10. The fourth-order valence-corrected chi connectivity index (χ4v) is 3.64. The fourth-order valence-electron chi connectivity index (χ4n) is 3.18. The maximum absolute atomic E-state index is 12.5. The molecule has 4 nitrogen and oxygen atoms in total. The molecule has 1 aliphatic heterocycles. The molecule has 2 aromatic carbocycles. The number of likely N-dealkylation sites (tertiary alicyclic amines) is 1. The monoisotopic (exact) mass is 415 g/mol. The highest BCUT2D eigenvalue weighted by Gasteiger charge is 2.22. The van der Waals surface area contributed by atoms with E-state index >= 15 is 0 Å². The first-order chi connectivity index (χ1) is 12.6. The van der Waals surface area contributed by atoms with Gasteiger partial charge in [0.15, 0.2) is 17.3 Å². The van der Waals surface area contributed by atoms with Gasteiger partial charge in [-0.1, -0.05) is 46.3 Å². The van der Waals surface area contributed by atoms with Gasteiger partial charge in [0.05, 0.1) is 14.2 Å². The molecular formula is C21H22BrNO3. The maximum atomic E-state index is 12.5. The van der Waals surface area contributed by atoms with Gasteiger partial charge in [-0.3, -0.25) is 9.69 Å². The topological polar surface area (TPSA) is 38.8 Å². The van der Waals surface area contributed by atoms with Crippen LogP contribution < -0.4 is 9.47 Å². The lowest BCUT2D eigenvalue weighted by atomic mass is 9.99. The number of ketones is 1. The quantitative estimate of drug-likeness (QED) is 0.681. The van der Waals surface area contributed by atoms with Crippen molar-refractivity contribution in [2.24, 2.45) is 0 Å². The van der Waals surface area contributed by atoms with Crippen LogP contribution in [0.1, 0.15) is 17.5 Å². The van der Waals surface area contributed by atoms with E-state index in [0.717, 1.165) is 28.7 Å². The Hall–Kier alpha value is -2.11. The van der Waals surface area contributed by atoms with Crippen molar-refractivity contribution in [1.29, 1.82) is 0 Å². The highest BCUT2D eigenvalue weighted by Crippen LogP contribution is 2.36. The van der Waals surface area contributed by atoms with Gasteiger partial charge in [0, 0.05) is 41.7 Å². The molecule has 1 aliphatic rings. The van der Waals surface area contributed by atoms with E-state index in [1.54, 1.807) is 14.2 Å². The van der Waals surface area contributed by atoms with Crippen LogP contribution in [0, 0.1) is 0 Å². The number of benzene rings is 2. The van der Waals surface area contributed by atoms with Crippen molar-refractivity contribution in [2.75, 3.05) is 27.3 Å². The van der Waals surface area contributed by atoms with Crippen LogP contribution in [0.2, 0.25) is 0 Å². The number of rotatable bonds is 5. The Morgan fingerprint density at radius 2 is 1.92 bits per heavy atom. The van der Waals surface area contributed by atoms with E-state index < -0.39 is 0 Å². The van der Waals surface area contributed by atoms with E-state index in [4.69, 9.17) is 9.47 Å². The summed E-state index contributed by atoms with van der Waals surface area (Å²) >= 11 is 3.49. The van der Waals surface area contributed by atoms with Crippen LogP contribution in [0.15, 0.2) is 52.5 Å². The minimum absolute atomic E-state index is 0.190. The van der Waals surface area contributed by atoms with Crippen LogP contribution in [0.5, 0.6) is 11.5 Å². The van der Waals surface area contributed by atoms with Gasteiger partial charge in [-0.25, -0.2) is 0 Å². The number of ether oxygens (including phenoxy) is 2. The molecular weight excluding hydrogens is 394 g/mol. The first-order valence-electron chi connectivity index (χ1n) is 8.52. The smallest absolute Gasteiger partial charge is 0.168 e. The van der Waals surface area contributed by atoms with E-state index in [1.807, 2.05) is 36.4 Å². The van der Waals surface area contributed by atoms with Crippen LogP contribution in [-0.4, -0.2) is 38.0 Å². The molecule has 0 amide bonds. The third kappa shape index (κ3) is 4.34. The molecule has 0 radical (unpaired) electrons. The van der Waals surface area contributed by atoms with Crippen molar-refractivity contribution >= 4 is 27.8 Å². The lowest BCUT2D eigenvalue weighted by molar-refractivity contribution is -0.117. The second kappa shape index (κ2) is 8.52. The van der Waals surface area contributed by atoms with E-state index in [2.05, 4.69) is 33.0 Å². The number of methoxy groups -OCH3 is 2. The summed E-state index contributed by atoms with van der Waals surface area (Å²) < 4.78 is 11.8. The molecule has 1 heterocycles. The molecule has 0 spiro atoms. The van der Waals surface area contributed by atoms with Crippen LogP contribution in [0.4, 0.5) is 0 Å². The molecule has 1 fully saturated rings. The van der Waals surface area contributed by atoms with Crippen molar-refractivity contribution in [2.45, 2.75) is 13.0 Å². The fraction of sp³-hybridized carbons (Fsp3) is 0.286. The summed E-state index contributed by atoms with van der Waals surface area (Å²) in [6.45, 7) is 2.25. The van der Waals surface area contributed by atoms with E-state index in [9.17, 15) is 4.79 Å². The number of carbonyl (C=O) groups excluding carboxylic acids is 1. The molecule has 0 aliphatic carbocycles. The third-order valence-corrected chi connectivity index (χ3v) is 4.92. The normalized spacial score (nSPS) is 16.7. The van der Waals surface area contributed by atoms with Gasteiger partial charge in [-0.05, 0) is 23.8 Å². The molecule has 0 bridgehead atoms. The number of halogens is 1. The summed E-state index contributed by atoms with van der Waals surface area (Å²) in [6, 6.07) is 14.1. The van der Waals surface area contributed by atoms with E-state index in [-0.39, 0.29) is 5.78 Å². The zero-order chi connectivity index (χ0) is 18.5. The Morgan fingerprint density at radius 3 is 2.62 bits per heavy atom. The van der Waals surface area contributed by atoms with Crippen molar-refractivity contribution in [1.82, 2.24) is 4.90 Å². The lowest BCUT2D eigenvalue weighted by Crippen LogP contribution is -2.35. The molecule has 136 valence electrons. The number of Topliss-reactive ketones (excluding diaryl/α,β-unsaturated/α-hetero) is 1. The second-order valence-electron chi connectivity index (χ2n) is 6.27. The van der Waals surface area contributed by atoms with Crippen LogP contribution in [0.25, 0.3) is 6.08 Å². The Kier molecular flexibility index (Phi) is 6.12. The van der Waals surface area contributed by atoms with E-state index in [0.29, 0.717) is 24.5 Å². The molecule has 0 N–H and O–H groups in total. The number of nitrogens with zero attached hydrogens (tertiary/aromatic N) is 1. The number of hydrogen-bond donors (Lipinski definition) is 0. The summed E-state index contributed by atoms with van der Waals surface area (Å²) in [7, 11) is 3.22. The Morgan fingerprint density at radius 1 is 1.15 bits per heavy atom. The zero-order valence-electron chi connectivity index (χ0n) is 15.0. The van der Waals surface area contributed by atoms with Crippen molar-refractivity contribution in [3.8, 4) is 11.5 Å². The minimum atomic E-state index is 0.190. The molecule has 0 unspecified atom stereocenters. The molecule has 3 rings (SSSR count). The van der Waals surface area contributed by atoms with Crippen molar-refractivity contribution < 1.29 is 14.3 Å². The lowest BCUT2D eigenvalue weighted by Gasteiger charge is -2.28. The molecule has 26 heavy (non-hydrogen) atoms. The summed E-state index contributed by atoms with van der Waals surface area (Å²) in [4.78, 5) is 14.8. The SMILES string of the molecule is COc1cc(Br)cc(/C=C2\CN(Cc3ccccc3)CCC2=O)c1OC. The average molecular weight is 416 g/mol. The summed E-state index contributed by atoms with van der Waals surface area (Å²) in [6.07, 6.45) is 2.46. The standard InChI is InChI=1S/C21H22BrNO3/c1-25-20-12-18(22)11-16(21(20)26-2)10-17-14-23(9-8-19(17)24)13-15-6-4-3-5-7-15/h3-7,10-12H,8-9,13-14H2,1-2H3/b17-10+. The van der Waals surface area contributed by atoms with E-state index in [1.165, 1.54) is 5.56 Å². The average Bonchev–Trinajstić information content (AvgIpc) is 2.65. The van der Waals surface area contributed by atoms with Gasteiger partial charge in [-0.2, -0.15) is 0 Å². The molecule has 5 heteroatoms. The Bertz CT molecular complexity index is 818. The van der Waals surface area contributed by atoms with Gasteiger partial charge in [0.2, 0.25) is 0 Å².